The highest BCUT2D eigenvalue weighted by Crippen LogP contribution is 2.20. The molecule has 4 heteroatoms. The van der Waals surface area contributed by atoms with Gasteiger partial charge in [-0.1, -0.05) is 66.7 Å². The predicted molar refractivity (Wildman–Crippen MR) is 96.7 cm³/mol. The second-order valence-electron chi connectivity index (χ2n) is 5.79. The quantitative estimate of drug-likeness (QED) is 0.529. The molecule has 0 aliphatic carbocycles. The highest BCUT2D eigenvalue weighted by atomic mass is 16.4. The molecule has 0 N–H and O–H groups in total. The normalized spacial score (nSPS) is 10.9. The van der Waals surface area contributed by atoms with Gasteiger partial charge in [0.2, 0.25) is 0 Å². The molecule has 0 amide bonds. The van der Waals surface area contributed by atoms with Crippen LogP contribution in [0.3, 0.4) is 0 Å². The molecule has 0 atom stereocenters. The zero-order chi connectivity index (χ0) is 17.2. The minimum atomic E-state index is -0.518. The van der Waals surface area contributed by atoms with E-state index in [1.165, 1.54) is 4.57 Å². The van der Waals surface area contributed by atoms with Gasteiger partial charge in [-0.2, -0.15) is 0 Å². The lowest BCUT2D eigenvalue weighted by atomic mass is 10.0. The van der Waals surface area contributed by atoms with Crippen molar-refractivity contribution < 1.29 is 9.21 Å². The highest BCUT2D eigenvalue weighted by molar-refractivity contribution is 5.97. The number of benzene rings is 3. The molecule has 4 rings (SSSR count). The fraction of sp³-hybridized carbons (Fsp3) is 0.0476. The predicted octanol–water partition coefficient (Wildman–Crippen LogP) is 4.14. The second-order valence-corrected chi connectivity index (χ2v) is 5.79. The Morgan fingerprint density at radius 3 is 2.20 bits per heavy atom. The highest BCUT2D eigenvalue weighted by Gasteiger charge is 2.13. The maximum Gasteiger partial charge on any atom is 0.420 e. The van der Waals surface area contributed by atoms with Crippen molar-refractivity contribution in [2.45, 2.75) is 6.54 Å². The first kappa shape index (κ1) is 15.1. The zero-order valence-corrected chi connectivity index (χ0v) is 13.4. The van der Waals surface area contributed by atoms with Crippen LogP contribution in [-0.4, -0.2) is 10.4 Å². The molecule has 0 saturated heterocycles. The number of carbonyl (C=O) groups is 1. The van der Waals surface area contributed by atoms with Crippen LogP contribution >= 0.6 is 0 Å². The first-order chi connectivity index (χ1) is 12.2. The molecule has 1 heterocycles. The van der Waals surface area contributed by atoms with Crippen LogP contribution in [0.25, 0.3) is 22.2 Å². The van der Waals surface area contributed by atoms with Crippen LogP contribution in [0.5, 0.6) is 0 Å². The van der Waals surface area contributed by atoms with Crippen LogP contribution in [0.4, 0.5) is 0 Å². The van der Waals surface area contributed by atoms with Gasteiger partial charge in [0.05, 0.1) is 12.1 Å². The molecule has 0 saturated carbocycles. The largest absolute Gasteiger partial charge is 0.420 e. The number of hydrogen-bond acceptors (Lipinski definition) is 3. The molecule has 0 spiro atoms. The molecule has 0 fully saturated rings. The van der Waals surface area contributed by atoms with Crippen molar-refractivity contribution in [2.24, 2.45) is 0 Å². The van der Waals surface area contributed by atoms with E-state index in [4.69, 9.17) is 4.42 Å². The summed E-state index contributed by atoms with van der Waals surface area (Å²) in [4.78, 5) is 24.5. The Morgan fingerprint density at radius 1 is 0.800 bits per heavy atom. The summed E-state index contributed by atoms with van der Waals surface area (Å²) in [5, 5.41) is 0. The van der Waals surface area contributed by atoms with Crippen molar-refractivity contribution in [2.75, 3.05) is 0 Å². The minimum absolute atomic E-state index is 0.0411. The molecule has 4 nitrogen and oxygen atoms in total. The molecule has 4 aromatic rings. The lowest BCUT2D eigenvalue weighted by molar-refractivity contribution is 0.0970. The van der Waals surface area contributed by atoms with Gasteiger partial charge in [0, 0.05) is 5.56 Å². The molecule has 0 bridgehead atoms. The lowest BCUT2D eigenvalue weighted by Gasteiger charge is -2.05. The van der Waals surface area contributed by atoms with E-state index in [0.717, 1.165) is 11.1 Å². The van der Waals surface area contributed by atoms with Crippen LogP contribution in [0.2, 0.25) is 0 Å². The number of nitrogens with zero attached hydrogens (tertiary/aromatic N) is 1. The van der Waals surface area contributed by atoms with E-state index in [2.05, 4.69) is 0 Å². The molecule has 3 aromatic carbocycles. The lowest BCUT2D eigenvalue weighted by Crippen LogP contribution is -2.20. The van der Waals surface area contributed by atoms with Gasteiger partial charge in [-0.25, -0.2) is 4.79 Å². The summed E-state index contributed by atoms with van der Waals surface area (Å²) in [6.07, 6.45) is 0. The number of ketones is 1. The van der Waals surface area contributed by atoms with E-state index >= 15 is 0 Å². The maximum atomic E-state index is 12.6. The minimum Gasteiger partial charge on any atom is -0.408 e. The van der Waals surface area contributed by atoms with Crippen molar-refractivity contribution in [1.82, 2.24) is 4.57 Å². The molecular formula is C21H15NO3. The van der Waals surface area contributed by atoms with Gasteiger partial charge < -0.3 is 4.42 Å². The smallest absolute Gasteiger partial charge is 0.408 e. The molecule has 0 unspecified atom stereocenters. The third kappa shape index (κ3) is 2.90. The summed E-state index contributed by atoms with van der Waals surface area (Å²) in [5.41, 5.74) is 3.82. The van der Waals surface area contributed by atoms with Crippen LogP contribution < -0.4 is 5.76 Å². The van der Waals surface area contributed by atoms with E-state index in [-0.39, 0.29) is 12.3 Å². The van der Waals surface area contributed by atoms with Gasteiger partial charge in [0.25, 0.3) is 0 Å². The molecule has 0 aliphatic rings. The Morgan fingerprint density at radius 2 is 1.44 bits per heavy atom. The fourth-order valence-electron chi connectivity index (χ4n) is 2.88. The summed E-state index contributed by atoms with van der Waals surface area (Å²) in [6, 6.07) is 24.5. The van der Waals surface area contributed by atoms with Crippen LogP contribution in [0.15, 0.2) is 88.1 Å². The van der Waals surface area contributed by atoms with Gasteiger partial charge in [-0.3, -0.25) is 9.36 Å². The Kier molecular flexibility index (Phi) is 3.78. The van der Waals surface area contributed by atoms with Gasteiger partial charge in [-0.15, -0.1) is 0 Å². The summed E-state index contributed by atoms with van der Waals surface area (Å²) in [7, 11) is 0. The van der Waals surface area contributed by atoms with Crippen LogP contribution in [0, 0.1) is 0 Å². The molecular weight excluding hydrogens is 314 g/mol. The van der Waals surface area contributed by atoms with E-state index in [9.17, 15) is 9.59 Å². The zero-order valence-electron chi connectivity index (χ0n) is 13.4. The van der Waals surface area contributed by atoms with Crippen LogP contribution in [-0.2, 0) is 6.54 Å². The third-order valence-electron chi connectivity index (χ3n) is 4.19. The Bertz CT molecular complexity index is 1090. The Balaban J connectivity index is 1.61. The summed E-state index contributed by atoms with van der Waals surface area (Å²) in [5.74, 6) is -0.649. The molecule has 25 heavy (non-hydrogen) atoms. The summed E-state index contributed by atoms with van der Waals surface area (Å²) < 4.78 is 6.53. The van der Waals surface area contributed by atoms with Crippen molar-refractivity contribution >= 4 is 16.9 Å². The van der Waals surface area contributed by atoms with Crippen molar-refractivity contribution in [1.29, 1.82) is 0 Å². The van der Waals surface area contributed by atoms with Gasteiger partial charge >= 0.3 is 5.76 Å². The summed E-state index contributed by atoms with van der Waals surface area (Å²) >= 11 is 0. The number of carbonyl (C=O) groups excluding carboxylic acids is 1. The topological polar surface area (TPSA) is 52.2 Å². The molecule has 122 valence electrons. The summed E-state index contributed by atoms with van der Waals surface area (Å²) in [6.45, 7) is -0.0411. The Labute approximate surface area is 144 Å². The maximum absolute atomic E-state index is 12.6. The SMILES string of the molecule is O=C(Cn1c(=O)oc2ccccc21)c1ccc(-c2ccccc2)cc1. The Hall–Kier alpha value is -3.40. The number of hydrogen-bond donors (Lipinski definition) is 0. The second kappa shape index (κ2) is 6.24. The average molecular weight is 329 g/mol. The number of oxazole rings is 1. The first-order valence-corrected chi connectivity index (χ1v) is 7.99. The van der Waals surface area contributed by atoms with Crippen molar-refractivity contribution in [3.05, 3.63) is 95.0 Å². The van der Waals surface area contributed by atoms with E-state index in [1.54, 1.807) is 30.3 Å². The number of aromatic nitrogens is 1. The monoisotopic (exact) mass is 329 g/mol. The number of fused-ring (bicyclic) bond motifs is 1. The van der Waals surface area contributed by atoms with Crippen molar-refractivity contribution in [3.63, 3.8) is 0 Å². The average Bonchev–Trinajstić information content (AvgIpc) is 2.98. The van der Waals surface area contributed by atoms with E-state index in [1.807, 2.05) is 48.5 Å². The van der Waals surface area contributed by atoms with Crippen molar-refractivity contribution in [3.8, 4) is 11.1 Å². The molecule has 1 aromatic heterocycles. The van der Waals surface area contributed by atoms with E-state index < -0.39 is 5.76 Å². The number of para-hydroxylation sites is 2. The fourth-order valence-corrected chi connectivity index (χ4v) is 2.88. The first-order valence-electron chi connectivity index (χ1n) is 7.99. The number of rotatable bonds is 4. The molecule has 0 aliphatic heterocycles. The number of Topliss-reactive ketones (excluding diaryl/α,β-unsaturated/α-hetero) is 1. The third-order valence-corrected chi connectivity index (χ3v) is 4.19. The standard InChI is InChI=1S/C21H15NO3/c23-19(14-22-18-8-4-5-9-20(18)25-21(22)24)17-12-10-16(11-13-17)15-6-2-1-3-7-15/h1-13H,14H2. The van der Waals surface area contributed by atoms with Crippen LogP contribution in [0.1, 0.15) is 10.4 Å². The van der Waals surface area contributed by atoms with Gasteiger partial charge in [0.15, 0.2) is 11.4 Å². The van der Waals surface area contributed by atoms with E-state index in [0.29, 0.717) is 16.7 Å². The molecule has 0 radical (unpaired) electrons. The van der Waals surface area contributed by atoms with Gasteiger partial charge in [-0.05, 0) is 23.3 Å². The van der Waals surface area contributed by atoms with Gasteiger partial charge in [0.1, 0.15) is 0 Å².